The maximum Gasteiger partial charge on any atom is 0.262 e. The Balaban J connectivity index is 1.47. The van der Waals surface area contributed by atoms with E-state index >= 15 is 0 Å². The van der Waals surface area contributed by atoms with Gasteiger partial charge >= 0.3 is 0 Å². The Morgan fingerprint density at radius 3 is 2.50 bits per heavy atom. The van der Waals surface area contributed by atoms with Crippen LogP contribution < -0.4 is 19.5 Å². The fourth-order valence-electron chi connectivity index (χ4n) is 3.53. The van der Waals surface area contributed by atoms with Crippen molar-refractivity contribution in [1.29, 1.82) is 0 Å². The summed E-state index contributed by atoms with van der Waals surface area (Å²) in [6, 6.07) is 17.4. The quantitative estimate of drug-likeness (QED) is 0.491. The third-order valence-corrected chi connectivity index (χ3v) is 6.74. The van der Waals surface area contributed by atoms with Crippen LogP contribution in [0, 0.1) is 13.8 Å². The first-order chi connectivity index (χ1) is 16.3. The summed E-state index contributed by atoms with van der Waals surface area (Å²) < 4.78 is 39.8. The lowest BCUT2D eigenvalue weighted by Gasteiger charge is -2.12. The second-order valence-electron chi connectivity index (χ2n) is 8.03. The second-order valence-corrected chi connectivity index (χ2v) is 9.69. The average molecular weight is 479 g/mol. The fourth-order valence-corrected chi connectivity index (χ4v) is 4.85. The molecular formula is C26H26N2O5S. The molecule has 0 bridgehead atoms. The molecule has 0 aliphatic carbocycles. The molecular weight excluding hydrogens is 452 g/mol. The number of fused-ring (bicyclic) bond motifs is 1. The maximum absolute atomic E-state index is 13.0. The van der Waals surface area contributed by atoms with Crippen LogP contribution in [0.25, 0.3) is 6.08 Å². The van der Waals surface area contributed by atoms with E-state index in [1.54, 1.807) is 43.3 Å². The number of rotatable bonds is 6. The minimum atomic E-state index is -3.83. The monoisotopic (exact) mass is 478 g/mol. The van der Waals surface area contributed by atoms with Gasteiger partial charge in [-0.15, -0.1) is 0 Å². The number of hydrogen-bond donors (Lipinski definition) is 2. The largest absolute Gasteiger partial charge is 0.490 e. The van der Waals surface area contributed by atoms with Gasteiger partial charge < -0.3 is 14.8 Å². The Morgan fingerprint density at radius 1 is 0.912 bits per heavy atom. The van der Waals surface area contributed by atoms with Crippen molar-refractivity contribution in [2.75, 3.05) is 23.3 Å². The van der Waals surface area contributed by atoms with Crippen LogP contribution in [0.3, 0.4) is 0 Å². The summed E-state index contributed by atoms with van der Waals surface area (Å²) in [4.78, 5) is 12.6. The molecule has 1 aliphatic rings. The van der Waals surface area contributed by atoms with E-state index < -0.39 is 10.0 Å². The van der Waals surface area contributed by atoms with Gasteiger partial charge in [0.15, 0.2) is 11.5 Å². The summed E-state index contributed by atoms with van der Waals surface area (Å²) in [5.74, 6) is 0.951. The van der Waals surface area contributed by atoms with Crippen molar-refractivity contribution in [3.63, 3.8) is 0 Å². The number of hydrogen-bond acceptors (Lipinski definition) is 5. The van der Waals surface area contributed by atoms with E-state index in [1.807, 2.05) is 31.2 Å². The summed E-state index contributed by atoms with van der Waals surface area (Å²) in [6.07, 6.45) is 3.87. The molecule has 34 heavy (non-hydrogen) atoms. The molecule has 7 nitrogen and oxygen atoms in total. The predicted molar refractivity (Wildman–Crippen MR) is 133 cm³/mol. The second kappa shape index (κ2) is 10.0. The standard InChI is InChI=1S/C26H26N2O5S/c1-18-5-3-6-22(15-18)28-34(30,31)25-17-21(10-7-19(25)2)27-26(29)12-9-20-8-11-23-24(16-20)33-14-4-13-32-23/h3,5-12,15-17,28H,4,13-14H2,1-2H3,(H,27,29). The Bertz CT molecular complexity index is 1350. The molecule has 1 heterocycles. The van der Waals surface area contributed by atoms with Crippen molar-refractivity contribution >= 4 is 33.4 Å². The molecule has 8 heteroatoms. The van der Waals surface area contributed by atoms with Crippen molar-refractivity contribution in [3.05, 3.63) is 83.4 Å². The zero-order chi connectivity index (χ0) is 24.1. The molecule has 0 unspecified atom stereocenters. The molecule has 0 saturated heterocycles. The molecule has 0 fully saturated rings. The molecule has 176 valence electrons. The summed E-state index contributed by atoms with van der Waals surface area (Å²) in [5.41, 5.74) is 3.16. The first-order valence-electron chi connectivity index (χ1n) is 10.9. The minimum absolute atomic E-state index is 0.0960. The van der Waals surface area contributed by atoms with Crippen LogP contribution >= 0.6 is 0 Å². The highest BCUT2D eigenvalue weighted by Crippen LogP contribution is 2.31. The zero-order valence-corrected chi connectivity index (χ0v) is 19.8. The number of nitrogens with one attached hydrogen (secondary N) is 2. The number of carbonyl (C=O) groups is 1. The lowest BCUT2D eigenvalue weighted by atomic mass is 10.2. The van der Waals surface area contributed by atoms with E-state index in [-0.39, 0.29) is 10.8 Å². The van der Waals surface area contributed by atoms with Crippen LogP contribution in [0.2, 0.25) is 0 Å². The summed E-state index contributed by atoms with van der Waals surface area (Å²) in [7, 11) is -3.83. The van der Waals surface area contributed by atoms with Gasteiger partial charge in [0.05, 0.1) is 18.1 Å². The van der Waals surface area contributed by atoms with Crippen LogP contribution in [0.1, 0.15) is 23.1 Å². The van der Waals surface area contributed by atoms with Crippen LogP contribution in [0.15, 0.2) is 71.6 Å². The molecule has 0 aromatic heterocycles. The van der Waals surface area contributed by atoms with Crippen molar-refractivity contribution in [2.24, 2.45) is 0 Å². The van der Waals surface area contributed by atoms with Gasteiger partial charge in [-0.2, -0.15) is 0 Å². The Hall–Kier alpha value is -3.78. The van der Waals surface area contributed by atoms with Gasteiger partial charge in [0.1, 0.15) is 0 Å². The van der Waals surface area contributed by atoms with Crippen molar-refractivity contribution in [2.45, 2.75) is 25.2 Å². The third-order valence-electron chi connectivity index (χ3n) is 5.21. The molecule has 0 saturated carbocycles. The third kappa shape index (κ3) is 5.77. The van der Waals surface area contributed by atoms with Crippen LogP contribution in [-0.2, 0) is 14.8 Å². The maximum atomic E-state index is 13.0. The average Bonchev–Trinajstić information content (AvgIpc) is 3.03. The first-order valence-corrected chi connectivity index (χ1v) is 12.4. The number of ether oxygens (including phenoxy) is 2. The van der Waals surface area contributed by atoms with Crippen molar-refractivity contribution < 1.29 is 22.7 Å². The molecule has 4 rings (SSSR count). The summed E-state index contributed by atoms with van der Waals surface area (Å²) in [6.45, 7) is 4.79. The van der Waals surface area contributed by atoms with Gasteiger partial charge in [0.2, 0.25) is 5.91 Å². The number of aryl methyl sites for hydroxylation is 2. The number of anilines is 2. The molecule has 3 aromatic rings. The van der Waals surface area contributed by atoms with Crippen molar-refractivity contribution in [3.8, 4) is 11.5 Å². The van der Waals surface area contributed by atoms with Crippen molar-refractivity contribution in [1.82, 2.24) is 0 Å². The van der Waals surface area contributed by atoms with E-state index in [2.05, 4.69) is 10.0 Å². The minimum Gasteiger partial charge on any atom is -0.490 e. The van der Waals surface area contributed by atoms with Gasteiger partial charge in [-0.05, 0) is 73.0 Å². The van der Waals surface area contributed by atoms with Crippen LogP contribution in [-0.4, -0.2) is 27.5 Å². The van der Waals surface area contributed by atoms with Gasteiger partial charge in [-0.25, -0.2) is 8.42 Å². The Kier molecular flexibility index (Phi) is 6.88. The lowest BCUT2D eigenvalue weighted by molar-refractivity contribution is -0.111. The number of amides is 1. The smallest absolute Gasteiger partial charge is 0.262 e. The molecule has 0 radical (unpaired) electrons. The number of sulfonamides is 1. The SMILES string of the molecule is Cc1cccc(NS(=O)(=O)c2cc(NC(=O)C=Cc3ccc4c(c3)OCCCO4)ccc2C)c1. The Morgan fingerprint density at radius 2 is 1.71 bits per heavy atom. The fraction of sp³-hybridized carbons (Fsp3) is 0.192. The first kappa shape index (κ1) is 23.4. The molecule has 1 amide bonds. The highest BCUT2D eigenvalue weighted by molar-refractivity contribution is 7.92. The summed E-state index contributed by atoms with van der Waals surface area (Å²) >= 11 is 0. The normalized spacial score (nSPS) is 13.4. The predicted octanol–water partition coefficient (Wildman–Crippen LogP) is 4.92. The van der Waals surface area contributed by atoms with Gasteiger partial charge in [0.25, 0.3) is 10.0 Å². The zero-order valence-electron chi connectivity index (χ0n) is 19.0. The van der Waals surface area contributed by atoms with E-state index in [4.69, 9.17) is 9.47 Å². The van der Waals surface area contributed by atoms with Crippen LogP contribution in [0.4, 0.5) is 11.4 Å². The molecule has 2 N–H and O–H groups in total. The van der Waals surface area contributed by atoms with Gasteiger partial charge in [-0.3, -0.25) is 9.52 Å². The van der Waals surface area contributed by atoms with E-state index in [0.717, 1.165) is 17.5 Å². The molecule has 0 atom stereocenters. The molecule has 1 aliphatic heterocycles. The topological polar surface area (TPSA) is 93.7 Å². The number of carbonyl (C=O) groups excluding carboxylic acids is 1. The lowest BCUT2D eigenvalue weighted by Crippen LogP contribution is -2.15. The molecule has 0 spiro atoms. The van der Waals surface area contributed by atoms with E-state index in [0.29, 0.717) is 41.7 Å². The molecule has 3 aromatic carbocycles. The van der Waals surface area contributed by atoms with Gasteiger partial charge in [0, 0.05) is 23.9 Å². The van der Waals surface area contributed by atoms with E-state index in [1.165, 1.54) is 12.1 Å². The van der Waals surface area contributed by atoms with Crippen LogP contribution in [0.5, 0.6) is 11.5 Å². The van der Waals surface area contributed by atoms with Gasteiger partial charge in [-0.1, -0.05) is 24.3 Å². The highest BCUT2D eigenvalue weighted by Gasteiger charge is 2.18. The number of benzene rings is 3. The highest BCUT2D eigenvalue weighted by atomic mass is 32.2. The summed E-state index contributed by atoms with van der Waals surface area (Å²) in [5, 5.41) is 2.72. The Labute approximate surface area is 199 Å². The van der Waals surface area contributed by atoms with E-state index in [9.17, 15) is 13.2 Å².